The fraction of sp³-hybridized carbons (Fsp3) is 0.364. The number of guanidine groups is 1. The second-order valence-corrected chi connectivity index (χ2v) is 12.3. The number of hydrogen-bond acceptors (Lipinski definition) is 15. The van der Waals surface area contributed by atoms with Gasteiger partial charge in [-0.3, -0.25) is 43.5 Å². The molecule has 0 aliphatic heterocycles. The van der Waals surface area contributed by atoms with Crippen LogP contribution in [0.5, 0.6) is 0 Å². The van der Waals surface area contributed by atoms with E-state index in [0.717, 1.165) is 0 Å². The number of aromatic nitrogens is 4. The van der Waals surface area contributed by atoms with Crippen molar-refractivity contribution in [2.75, 3.05) is 30.7 Å². The number of carbonyl (C=O) groups is 8. The van der Waals surface area contributed by atoms with Gasteiger partial charge in [0.15, 0.2) is 17.1 Å². The molecule has 0 radical (unpaired) electrons. The molecule has 2 unspecified atom stereocenters. The van der Waals surface area contributed by atoms with Gasteiger partial charge in [-0.2, -0.15) is 4.98 Å². The Kier molecular flexibility index (Phi) is 16.9. The van der Waals surface area contributed by atoms with Crippen LogP contribution in [0.4, 0.5) is 11.6 Å². The number of nitrogens with one attached hydrogen (secondary N) is 7. The van der Waals surface area contributed by atoms with E-state index in [1.165, 1.54) is 18.3 Å². The lowest BCUT2D eigenvalue weighted by Crippen LogP contribution is -2.51. The second-order valence-electron chi connectivity index (χ2n) is 12.3. The van der Waals surface area contributed by atoms with Crippen LogP contribution in [0.3, 0.4) is 0 Å². The van der Waals surface area contributed by atoms with Crippen molar-refractivity contribution < 1.29 is 48.6 Å². The largest absolute Gasteiger partial charge is 0.481 e. The highest BCUT2D eigenvalue weighted by Crippen LogP contribution is 2.12. The molecule has 0 aliphatic carbocycles. The Labute approximate surface area is 327 Å². The standard InChI is InChI=1S/C33H42N14O11/c34-32(35)37-9-1-2-20(29(55)41-14-23(50)42-18(15-48)10-25(52)53)44-24(51)13-39-22(49)8-7-21(31(57)58)45-28(54)16-3-5-17(6-4-16)38-11-19-12-40-27-26(43-19)30(56)47-33(36)46-27/h3-6,12,15,18,20-21,38H,1-2,7-11,13-14H2,(H,39,49)(H,41,55)(H,42,50)(H,44,51)(H,45,54)(H,52,53)(H,57,58)(H4,34,35,37)(H3,36,40,46,47,56)/t18?,20?,21-/m0/s1. The maximum Gasteiger partial charge on any atom is 0.326 e. The Hall–Kier alpha value is -7.73. The van der Waals surface area contributed by atoms with Crippen LogP contribution < -0.4 is 54.7 Å². The van der Waals surface area contributed by atoms with E-state index in [4.69, 9.17) is 22.3 Å². The van der Waals surface area contributed by atoms with Crippen molar-refractivity contribution in [2.45, 2.75) is 56.8 Å². The summed E-state index contributed by atoms with van der Waals surface area (Å²) in [5.74, 6) is -7.07. The zero-order chi connectivity index (χ0) is 42.8. The zero-order valence-corrected chi connectivity index (χ0v) is 30.6. The summed E-state index contributed by atoms with van der Waals surface area (Å²) in [6.45, 7) is -1.05. The maximum atomic E-state index is 12.8. The van der Waals surface area contributed by atoms with Crippen molar-refractivity contribution in [2.24, 2.45) is 16.5 Å². The summed E-state index contributed by atoms with van der Waals surface area (Å²) in [7, 11) is 0. The molecule has 0 fully saturated rings. The first-order valence-corrected chi connectivity index (χ1v) is 17.3. The molecule has 0 bridgehead atoms. The molecule has 25 nitrogen and oxygen atoms in total. The number of aldehydes is 1. The molecular weight excluding hydrogens is 768 g/mol. The number of anilines is 2. The predicted molar refractivity (Wildman–Crippen MR) is 202 cm³/mol. The average Bonchev–Trinajstić information content (AvgIpc) is 3.17. The van der Waals surface area contributed by atoms with Crippen molar-refractivity contribution in [3.63, 3.8) is 0 Å². The topological polar surface area (TPSA) is 411 Å². The quantitative estimate of drug-likeness (QED) is 0.0187. The van der Waals surface area contributed by atoms with E-state index in [1.54, 1.807) is 12.1 Å². The lowest BCUT2D eigenvalue weighted by molar-refractivity contribution is -0.140. The number of fused-ring (bicyclic) bond motifs is 1. The number of aliphatic imine (C=N–C) groups is 1. The van der Waals surface area contributed by atoms with Crippen LogP contribution in [0, 0.1) is 0 Å². The van der Waals surface area contributed by atoms with Crippen LogP contribution in [-0.4, -0.2) is 122 Å². The number of benzene rings is 1. The van der Waals surface area contributed by atoms with E-state index < -0.39 is 91.1 Å². The van der Waals surface area contributed by atoms with E-state index in [0.29, 0.717) is 11.4 Å². The number of nitrogens with zero attached hydrogens (tertiary/aromatic N) is 4. The van der Waals surface area contributed by atoms with Crippen molar-refractivity contribution >= 4 is 76.5 Å². The maximum absolute atomic E-state index is 12.8. The number of carboxylic acids is 2. The third kappa shape index (κ3) is 15.2. The number of aliphatic carboxylic acids is 2. The number of amides is 5. The fourth-order valence-electron chi connectivity index (χ4n) is 4.92. The highest BCUT2D eigenvalue weighted by atomic mass is 16.4. The molecule has 3 rings (SSSR count). The minimum absolute atomic E-state index is 0.00635. The number of hydrogen-bond donors (Lipinski definition) is 12. The molecule has 5 amide bonds. The number of carbonyl (C=O) groups excluding carboxylic acids is 6. The molecule has 2 heterocycles. The van der Waals surface area contributed by atoms with Gasteiger partial charge >= 0.3 is 11.9 Å². The summed E-state index contributed by atoms with van der Waals surface area (Å²) in [6, 6.07) is 1.91. The second kappa shape index (κ2) is 22.0. The van der Waals surface area contributed by atoms with Crippen LogP contribution in [-0.2, 0) is 40.1 Å². The van der Waals surface area contributed by atoms with Gasteiger partial charge in [0, 0.05) is 24.2 Å². The van der Waals surface area contributed by atoms with Crippen LogP contribution in [0.2, 0.25) is 0 Å². The van der Waals surface area contributed by atoms with E-state index in [1.807, 2.05) is 0 Å². The molecule has 15 N–H and O–H groups in total. The van der Waals surface area contributed by atoms with Crippen LogP contribution >= 0.6 is 0 Å². The SMILES string of the molecule is NC(N)=NCCCC(NC(=O)CNC(=O)CC[C@H](NC(=O)c1ccc(NCc2cnc3nc(N)[nH]c(=O)c3n2)cc1)C(=O)O)C(=O)NCC(=O)NC(C=O)CC(=O)O. The number of nitrogen functional groups attached to an aromatic ring is 1. The van der Waals surface area contributed by atoms with Gasteiger partial charge in [0.1, 0.15) is 18.4 Å². The van der Waals surface area contributed by atoms with Crippen LogP contribution in [0.15, 0.2) is 40.2 Å². The third-order valence-electron chi connectivity index (χ3n) is 7.74. The van der Waals surface area contributed by atoms with Gasteiger partial charge in [-0.1, -0.05) is 0 Å². The molecule has 3 atom stereocenters. The van der Waals surface area contributed by atoms with Gasteiger partial charge in [0.05, 0.1) is 44.0 Å². The van der Waals surface area contributed by atoms with Gasteiger partial charge in [0.2, 0.25) is 29.6 Å². The number of nitrogens with two attached hydrogens (primary N) is 3. The number of carboxylic acid groups (broad SMARTS) is 2. The number of H-pyrrole nitrogens is 1. The number of rotatable bonds is 23. The minimum atomic E-state index is -1.48. The summed E-state index contributed by atoms with van der Waals surface area (Å²) in [5.41, 5.74) is 16.7. The van der Waals surface area contributed by atoms with Crippen LogP contribution in [0.1, 0.15) is 48.2 Å². The Balaban J connectivity index is 1.47. The molecule has 0 aliphatic rings. The summed E-state index contributed by atoms with van der Waals surface area (Å²) in [5, 5.41) is 33.0. The van der Waals surface area contributed by atoms with E-state index >= 15 is 0 Å². The number of aromatic amines is 1. The fourth-order valence-corrected chi connectivity index (χ4v) is 4.92. The molecule has 2 aromatic heterocycles. The highest BCUT2D eigenvalue weighted by Gasteiger charge is 2.24. The van der Waals surface area contributed by atoms with Crippen molar-refractivity contribution in [1.82, 2.24) is 46.5 Å². The summed E-state index contributed by atoms with van der Waals surface area (Å²) in [4.78, 5) is 127. The molecule has 0 saturated heterocycles. The highest BCUT2D eigenvalue weighted by molar-refractivity contribution is 5.97. The Morgan fingerprint density at radius 2 is 1.57 bits per heavy atom. The first-order valence-electron chi connectivity index (χ1n) is 17.3. The molecular formula is C33H42N14O11. The smallest absolute Gasteiger partial charge is 0.326 e. The lowest BCUT2D eigenvalue weighted by Gasteiger charge is -2.19. The van der Waals surface area contributed by atoms with Crippen molar-refractivity contribution in [3.05, 3.63) is 52.1 Å². The Morgan fingerprint density at radius 1 is 0.879 bits per heavy atom. The van der Waals surface area contributed by atoms with Crippen LogP contribution in [0.25, 0.3) is 11.2 Å². The monoisotopic (exact) mass is 810 g/mol. The molecule has 310 valence electrons. The van der Waals surface area contributed by atoms with Gasteiger partial charge in [0.25, 0.3) is 11.5 Å². The van der Waals surface area contributed by atoms with Gasteiger partial charge < -0.3 is 64.1 Å². The van der Waals surface area contributed by atoms with Crippen molar-refractivity contribution in [3.8, 4) is 0 Å². The summed E-state index contributed by atoms with van der Waals surface area (Å²) in [6.07, 6.45) is 0.385. The zero-order valence-electron chi connectivity index (χ0n) is 30.6. The minimum Gasteiger partial charge on any atom is -0.481 e. The molecule has 0 saturated carbocycles. The molecule has 58 heavy (non-hydrogen) atoms. The molecule has 1 aromatic carbocycles. The molecule has 0 spiro atoms. The van der Waals surface area contributed by atoms with Gasteiger partial charge in [-0.05, 0) is 43.5 Å². The summed E-state index contributed by atoms with van der Waals surface area (Å²) >= 11 is 0. The predicted octanol–water partition coefficient (Wildman–Crippen LogP) is -4.20. The van der Waals surface area contributed by atoms with E-state index in [9.17, 15) is 48.3 Å². The molecule has 25 heteroatoms. The van der Waals surface area contributed by atoms with E-state index in [-0.39, 0.29) is 67.3 Å². The normalized spacial score (nSPS) is 12.1. The summed E-state index contributed by atoms with van der Waals surface area (Å²) < 4.78 is 0. The Morgan fingerprint density at radius 3 is 2.22 bits per heavy atom. The lowest BCUT2D eigenvalue weighted by atomic mass is 10.1. The van der Waals surface area contributed by atoms with Gasteiger partial charge in [-0.15, -0.1) is 0 Å². The van der Waals surface area contributed by atoms with E-state index in [2.05, 4.69) is 56.8 Å². The average molecular weight is 811 g/mol. The van der Waals surface area contributed by atoms with Gasteiger partial charge in [-0.25, -0.2) is 14.8 Å². The molecule has 3 aromatic rings. The first-order chi connectivity index (χ1) is 27.5. The Bertz CT molecular complexity index is 2090. The first kappa shape index (κ1) is 44.7. The third-order valence-corrected chi connectivity index (χ3v) is 7.74. The van der Waals surface area contributed by atoms with Crippen molar-refractivity contribution in [1.29, 1.82) is 0 Å².